The van der Waals surface area contributed by atoms with Crippen molar-refractivity contribution < 1.29 is 9.47 Å². The molecule has 112 valence electrons. The molecule has 0 bridgehead atoms. The number of para-hydroxylation sites is 1. The lowest BCUT2D eigenvalue weighted by molar-refractivity contribution is 0.173. The number of nitrogens with zero attached hydrogens (tertiary/aromatic N) is 1. The number of pyridine rings is 1. The molecule has 2 aromatic carbocycles. The number of benzene rings is 2. The lowest BCUT2D eigenvalue weighted by Crippen LogP contribution is -1.94. The van der Waals surface area contributed by atoms with Gasteiger partial charge in [-0.15, -0.1) is 0 Å². The minimum Gasteiger partial charge on any atom is -0.454 e. The van der Waals surface area contributed by atoms with Crippen LogP contribution in [0.3, 0.4) is 0 Å². The number of aryl methyl sites for hydroxylation is 2. The molecular formula is C19H19NO2. The average molecular weight is 293 g/mol. The standard InChI is InChI=1S/C10H9N.C9H10O2/c1-8-4-5-10-9(7-8)3-2-6-11-10;1-2-7-4-3-5-8-9(7)11-6-10-8/h2-7H,1H3;3-5H,2,6H2,1H3. The normalized spacial score (nSPS) is 11.9. The van der Waals surface area contributed by atoms with Crippen molar-refractivity contribution in [3.63, 3.8) is 0 Å². The van der Waals surface area contributed by atoms with Crippen LogP contribution in [-0.2, 0) is 6.42 Å². The summed E-state index contributed by atoms with van der Waals surface area (Å²) < 4.78 is 10.5. The Morgan fingerprint density at radius 1 is 1.05 bits per heavy atom. The van der Waals surface area contributed by atoms with Gasteiger partial charge in [0.25, 0.3) is 0 Å². The molecule has 0 fully saturated rings. The first-order valence-corrected chi connectivity index (χ1v) is 7.47. The lowest BCUT2D eigenvalue weighted by atomic mass is 10.1. The Balaban J connectivity index is 0.000000131. The lowest BCUT2D eigenvalue weighted by Gasteiger charge is -2.00. The highest BCUT2D eigenvalue weighted by Gasteiger charge is 2.15. The van der Waals surface area contributed by atoms with E-state index in [1.54, 1.807) is 0 Å². The quantitative estimate of drug-likeness (QED) is 0.661. The molecule has 0 saturated heterocycles. The molecule has 22 heavy (non-hydrogen) atoms. The fraction of sp³-hybridized carbons (Fsp3) is 0.211. The summed E-state index contributed by atoms with van der Waals surface area (Å²) in [5.74, 6) is 1.80. The zero-order valence-electron chi connectivity index (χ0n) is 12.9. The molecule has 2 heterocycles. The first-order chi connectivity index (χ1) is 10.8. The molecule has 0 N–H and O–H groups in total. The van der Waals surface area contributed by atoms with Gasteiger partial charge in [0, 0.05) is 11.6 Å². The third kappa shape index (κ3) is 3.03. The van der Waals surface area contributed by atoms with E-state index >= 15 is 0 Å². The average Bonchev–Trinajstić information content (AvgIpc) is 3.04. The number of hydrogen-bond acceptors (Lipinski definition) is 3. The summed E-state index contributed by atoms with van der Waals surface area (Å²) in [7, 11) is 0. The first kappa shape index (κ1) is 14.4. The molecule has 3 nitrogen and oxygen atoms in total. The topological polar surface area (TPSA) is 31.4 Å². The Hall–Kier alpha value is -2.55. The fourth-order valence-corrected chi connectivity index (χ4v) is 2.46. The van der Waals surface area contributed by atoms with Crippen LogP contribution in [0.4, 0.5) is 0 Å². The number of fused-ring (bicyclic) bond motifs is 2. The van der Waals surface area contributed by atoms with Crippen LogP contribution in [0.1, 0.15) is 18.1 Å². The van der Waals surface area contributed by atoms with Gasteiger partial charge in [-0.3, -0.25) is 4.98 Å². The molecule has 0 radical (unpaired) electrons. The Kier molecular flexibility index (Phi) is 4.24. The molecule has 3 heteroatoms. The summed E-state index contributed by atoms with van der Waals surface area (Å²) in [6, 6.07) is 16.3. The summed E-state index contributed by atoms with van der Waals surface area (Å²) in [6.45, 7) is 4.57. The molecule has 0 saturated carbocycles. The van der Waals surface area contributed by atoms with Crippen molar-refractivity contribution in [1.82, 2.24) is 4.98 Å². The van der Waals surface area contributed by atoms with Crippen LogP contribution >= 0.6 is 0 Å². The molecule has 1 aliphatic heterocycles. The molecule has 3 aromatic rings. The monoisotopic (exact) mass is 293 g/mol. The van der Waals surface area contributed by atoms with Crippen LogP contribution in [0.15, 0.2) is 54.7 Å². The minimum absolute atomic E-state index is 0.367. The van der Waals surface area contributed by atoms with Gasteiger partial charge in [-0.25, -0.2) is 0 Å². The Morgan fingerprint density at radius 3 is 2.82 bits per heavy atom. The van der Waals surface area contributed by atoms with Crippen molar-refractivity contribution in [3.8, 4) is 11.5 Å². The van der Waals surface area contributed by atoms with Gasteiger partial charge in [-0.05, 0) is 43.2 Å². The van der Waals surface area contributed by atoms with Crippen molar-refractivity contribution in [2.75, 3.05) is 6.79 Å². The number of aromatic nitrogens is 1. The third-order valence-corrected chi connectivity index (χ3v) is 3.62. The number of ether oxygens (including phenoxy) is 2. The van der Waals surface area contributed by atoms with Gasteiger partial charge in [0.1, 0.15) is 0 Å². The molecule has 0 amide bonds. The van der Waals surface area contributed by atoms with Gasteiger partial charge >= 0.3 is 0 Å². The van der Waals surface area contributed by atoms with Crippen molar-refractivity contribution in [2.24, 2.45) is 0 Å². The summed E-state index contributed by atoms with van der Waals surface area (Å²) in [5.41, 5.74) is 3.57. The second-order valence-electron chi connectivity index (χ2n) is 5.20. The zero-order valence-corrected chi connectivity index (χ0v) is 12.9. The Morgan fingerprint density at radius 2 is 1.95 bits per heavy atom. The summed E-state index contributed by atoms with van der Waals surface area (Å²) in [5, 5.41) is 1.22. The SMILES string of the molecule is CCc1cccc2c1OCO2.Cc1ccc2ncccc2c1. The minimum atomic E-state index is 0.367. The number of rotatable bonds is 1. The molecule has 0 unspecified atom stereocenters. The highest BCUT2D eigenvalue weighted by molar-refractivity contribution is 5.78. The van der Waals surface area contributed by atoms with Crippen LogP contribution in [0, 0.1) is 6.92 Å². The fourth-order valence-electron chi connectivity index (χ4n) is 2.46. The largest absolute Gasteiger partial charge is 0.454 e. The summed E-state index contributed by atoms with van der Waals surface area (Å²) in [4.78, 5) is 4.22. The molecule has 0 spiro atoms. The van der Waals surface area contributed by atoms with Crippen molar-refractivity contribution in [2.45, 2.75) is 20.3 Å². The van der Waals surface area contributed by atoms with Crippen LogP contribution in [0.2, 0.25) is 0 Å². The van der Waals surface area contributed by atoms with Crippen LogP contribution in [0.25, 0.3) is 10.9 Å². The predicted molar refractivity (Wildman–Crippen MR) is 88.4 cm³/mol. The van der Waals surface area contributed by atoms with E-state index in [0.717, 1.165) is 23.4 Å². The maximum Gasteiger partial charge on any atom is 0.231 e. The first-order valence-electron chi connectivity index (χ1n) is 7.47. The second kappa shape index (κ2) is 6.48. The maximum absolute atomic E-state index is 5.30. The maximum atomic E-state index is 5.30. The summed E-state index contributed by atoms with van der Waals surface area (Å²) in [6.07, 6.45) is 2.81. The second-order valence-corrected chi connectivity index (χ2v) is 5.20. The van der Waals surface area contributed by atoms with Gasteiger partial charge < -0.3 is 9.47 Å². The van der Waals surface area contributed by atoms with Gasteiger partial charge in [-0.1, -0.05) is 36.8 Å². The number of hydrogen-bond donors (Lipinski definition) is 0. The van der Waals surface area contributed by atoms with Gasteiger partial charge in [-0.2, -0.15) is 0 Å². The highest BCUT2D eigenvalue weighted by atomic mass is 16.7. The van der Waals surface area contributed by atoms with E-state index < -0.39 is 0 Å². The smallest absolute Gasteiger partial charge is 0.231 e. The van der Waals surface area contributed by atoms with E-state index in [1.165, 1.54) is 16.5 Å². The molecule has 0 atom stereocenters. The summed E-state index contributed by atoms with van der Waals surface area (Å²) >= 11 is 0. The van der Waals surface area contributed by atoms with E-state index in [9.17, 15) is 0 Å². The molecule has 4 rings (SSSR count). The van der Waals surface area contributed by atoms with E-state index in [1.807, 2.05) is 30.5 Å². The third-order valence-electron chi connectivity index (χ3n) is 3.62. The zero-order chi connectivity index (χ0) is 15.4. The Bertz CT molecular complexity index is 783. The van der Waals surface area contributed by atoms with Crippen molar-refractivity contribution in [1.29, 1.82) is 0 Å². The highest BCUT2D eigenvalue weighted by Crippen LogP contribution is 2.35. The van der Waals surface area contributed by atoms with E-state index in [0.29, 0.717) is 6.79 Å². The van der Waals surface area contributed by atoms with Crippen molar-refractivity contribution in [3.05, 3.63) is 65.9 Å². The van der Waals surface area contributed by atoms with Crippen molar-refractivity contribution >= 4 is 10.9 Å². The predicted octanol–water partition coefficient (Wildman–Crippen LogP) is 4.52. The molecule has 1 aromatic heterocycles. The molecule has 0 aliphatic carbocycles. The van der Waals surface area contributed by atoms with Crippen LogP contribution < -0.4 is 9.47 Å². The molecule has 1 aliphatic rings. The van der Waals surface area contributed by atoms with Crippen LogP contribution in [0.5, 0.6) is 11.5 Å². The van der Waals surface area contributed by atoms with E-state index in [4.69, 9.17) is 9.47 Å². The van der Waals surface area contributed by atoms with E-state index in [2.05, 4.69) is 43.1 Å². The molecular weight excluding hydrogens is 274 g/mol. The van der Waals surface area contributed by atoms with E-state index in [-0.39, 0.29) is 0 Å². The van der Waals surface area contributed by atoms with Gasteiger partial charge in [0.2, 0.25) is 6.79 Å². The van der Waals surface area contributed by atoms with Gasteiger partial charge in [0.15, 0.2) is 11.5 Å². The van der Waals surface area contributed by atoms with Crippen LogP contribution in [-0.4, -0.2) is 11.8 Å². The van der Waals surface area contributed by atoms with Gasteiger partial charge in [0.05, 0.1) is 5.52 Å². The Labute approximate surface area is 130 Å².